The summed E-state index contributed by atoms with van der Waals surface area (Å²) < 4.78 is 0. The second-order valence-corrected chi connectivity index (χ2v) is 9.07. The fraction of sp³-hybridized carbons (Fsp3) is 0.375. The lowest BCUT2D eigenvalue weighted by atomic mass is 9.88. The third-order valence-electron chi connectivity index (χ3n) is 6.15. The molecule has 1 atom stereocenters. The van der Waals surface area contributed by atoms with Crippen molar-refractivity contribution in [1.29, 1.82) is 0 Å². The summed E-state index contributed by atoms with van der Waals surface area (Å²) in [6.45, 7) is 0.827. The number of rotatable bonds is 7. The van der Waals surface area contributed by atoms with E-state index in [4.69, 9.17) is 11.6 Å². The van der Waals surface area contributed by atoms with Crippen molar-refractivity contribution in [2.45, 2.75) is 37.1 Å². The average molecular weight is 440 g/mol. The average Bonchev–Trinajstić information content (AvgIpc) is 3.49. The van der Waals surface area contributed by atoms with E-state index in [0.29, 0.717) is 17.9 Å². The minimum atomic E-state index is -0.435. The van der Waals surface area contributed by atoms with Gasteiger partial charge < -0.3 is 9.80 Å². The number of carbonyl (C=O) groups excluding carboxylic acids is 3. The van der Waals surface area contributed by atoms with Gasteiger partial charge in [0.1, 0.15) is 0 Å². The van der Waals surface area contributed by atoms with Crippen LogP contribution >= 0.6 is 11.6 Å². The van der Waals surface area contributed by atoms with Crippen molar-refractivity contribution in [3.63, 3.8) is 0 Å². The fourth-order valence-electron chi connectivity index (χ4n) is 4.49. The Labute approximate surface area is 187 Å². The monoisotopic (exact) mass is 439 g/mol. The number of hydrogen-bond donors (Lipinski definition) is 1. The quantitative estimate of drug-likeness (QED) is 0.528. The Bertz CT molecular complexity index is 1020. The van der Waals surface area contributed by atoms with Gasteiger partial charge in [0, 0.05) is 24.2 Å². The van der Waals surface area contributed by atoms with Crippen LogP contribution < -0.4 is 10.2 Å². The van der Waals surface area contributed by atoms with E-state index in [1.165, 1.54) is 0 Å². The minimum absolute atomic E-state index is 0.129. The van der Waals surface area contributed by atoms with Crippen molar-refractivity contribution in [2.75, 3.05) is 25.5 Å². The lowest BCUT2D eigenvalue weighted by molar-refractivity contribution is -0.134. The molecule has 1 heterocycles. The second kappa shape index (κ2) is 8.44. The first-order valence-electron chi connectivity index (χ1n) is 10.5. The number of piperidine rings is 1. The highest BCUT2D eigenvalue weighted by Gasteiger charge is 2.48. The summed E-state index contributed by atoms with van der Waals surface area (Å²) in [6.07, 6.45) is 3.66. The number of likely N-dealkylation sites (N-methyl/N-ethyl adjacent to an activating group) is 1. The maximum absolute atomic E-state index is 12.3. The Morgan fingerprint density at radius 3 is 2.42 bits per heavy atom. The highest BCUT2D eigenvalue weighted by Crippen LogP contribution is 2.44. The van der Waals surface area contributed by atoms with E-state index < -0.39 is 5.92 Å². The number of halogens is 1. The van der Waals surface area contributed by atoms with Crippen LogP contribution in [-0.2, 0) is 14.4 Å². The van der Waals surface area contributed by atoms with Crippen molar-refractivity contribution < 1.29 is 14.4 Å². The fourth-order valence-corrected chi connectivity index (χ4v) is 4.86. The topological polar surface area (TPSA) is 69.7 Å². The Balaban J connectivity index is 1.61. The Kier molecular flexibility index (Phi) is 5.86. The summed E-state index contributed by atoms with van der Waals surface area (Å²) >= 11 is 6.71. The first kappa shape index (κ1) is 21.5. The van der Waals surface area contributed by atoms with Gasteiger partial charge in [0.05, 0.1) is 16.5 Å². The normalized spacial score (nSPS) is 19.8. The molecule has 0 aromatic heterocycles. The number of benzene rings is 2. The van der Waals surface area contributed by atoms with Gasteiger partial charge in [0.25, 0.3) is 0 Å². The lowest BCUT2D eigenvalue weighted by Crippen LogP contribution is -2.43. The molecule has 1 aliphatic heterocycles. The number of hydrogen-bond acceptors (Lipinski definition) is 4. The molecule has 2 aromatic rings. The zero-order valence-electron chi connectivity index (χ0n) is 17.7. The molecule has 0 radical (unpaired) electrons. The summed E-state index contributed by atoms with van der Waals surface area (Å²) in [7, 11) is 4.03. The Hall–Kier alpha value is -2.70. The molecule has 1 unspecified atom stereocenters. The summed E-state index contributed by atoms with van der Waals surface area (Å²) in [4.78, 5) is 39.6. The number of nitrogens with one attached hydrogen (secondary N) is 1. The van der Waals surface area contributed by atoms with Crippen LogP contribution in [0.15, 0.2) is 42.5 Å². The third-order valence-corrected chi connectivity index (χ3v) is 6.58. The van der Waals surface area contributed by atoms with Gasteiger partial charge in [-0.3, -0.25) is 19.7 Å². The van der Waals surface area contributed by atoms with E-state index >= 15 is 0 Å². The highest BCUT2D eigenvalue weighted by atomic mass is 35.5. The van der Waals surface area contributed by atoms with Crippen LogP contribution in [0.25, 0.3) is 11.1 Å². The number of imide groups is 1. The van der Waals surface area contributed by atoms with E-state index in [1.807, 2.05) is 61.5 Å². The van der Waals surface area contributed by atoms with Gasteiger partial charge in [-0.1, -0.05) is 41.9 Å². The molecule has 31 heavy (non-hydrogen) atoms. The predicted octanol–water partition coefficient (Wildman–Crippen LogP) is 3.58. The second-order valence-electron chi connectivity index (χ2n) is 8.70. The largest absolute Gasteiger partial charge is 0.308 e. The van der Waals surface area contributed by atoms with E-state index in [2.05, 4.69) is 10.2 Å². The van der Waals surface area contributed by atoms with E-state index in [0.717, 1.165) is 48.2 Å². The molecule has 2 aromatic carbocycles. The van der Waals surface area contributed by atoms with Crippen molar-refractivity contribution in [3.05, 3.63) is 53.1 Å². The molecule has 0 spiro atoms. The standard InChI is InChI=1S/C24H26ClN3O3/c1-27(2)14-24(12-13-24)28(15-29)17-8-6-16(7-9-17)18-4-3-5-19(22(18)25)20-10-11-21(30)26-23(20)31/h3-9,15,20H,10-14H2,1-2H3,(H,26,30,31). The van der Waals surface area contributed by atoms with Crippen LogP contribution in [0.2, 0.25) is 5.02 Å². The van der Waals surface area contributed by atoms with Gasteiger partial charge in [-0.05, 0) is 56.6 Å². The van der Waals surface area contributed by atoms with E-state index in [-0.39, 0.29) is 17.4 Å². The van der Waals surface area contributed by atoms with Gasteiger partial charge in [0.2, 0.25) is 18.2 Å². The Morgan fingerprint density at radius 2 is 1.84 bits per heavy atom. The first-order chi connectivity index (χ1) is 14.8. The molecule has 162 valence electrons. The number of nitrogens with zero attached hydrogens (tertiary/aromatic N) is 2. The zero-order chi connectivity index (χ0) is 22.2. The number of carbonyl (C=O) groups is 3. The molecule has 6 nitrogen and oxygen atoms in total. The van der Waals surface area contributed by atoms with Crippen molar-refractivity contribution in [3.8, 4) is 11.1 Å². The highest BCUT2D eigenvalue weighted by molar-refractivity contribution is 6.34. The van der Waals surface area contributed by atoms with Crippen LogP contribution in [-0.4, -0.2) is 49.3 Å². The van der Waals surface area contributed by atoms with Crippen LogP contribution in [0.4, 0.5) is 5.69 Å². The van der Waals surface area contributed by atoms with Crippen LogP contribution in [0.1, 0.15) is 37.2 Å². The summed E-state index contributed by atoms with van der Waals surface area (Å²) in [6, 6.07) is 13.4. The Morgan fingerprint density at radius 1 is 1.13 bits per heavy atom. The van der Waals surface area contributed by atoms with Gasteiger partial charge in [0.15, 0.2) is 0 Å². The maximum atomic E-state index is 12.3. The van der Waals surface area contributed by atoms with Crippen LogP contribution in [0, 0.1) is 0 Å². The van der Waals surface area contributed by atoms with Crippen molar-refractivity contribution in [1.82, 2.24) is 10.2 Å². The maximum Gasteiger partial charge on any atom is 0.234 e. The molecule has 4 rings (SSSR count). The molecule has 7 heteroatoms. The number of amides is 3. The van der Waals surface area contributed by atoms with Crippen LogP contribution in [0.3, 0.4) is 0 Å². The lowest BCUT2D eigenvalue weighted by Gasteiger charge is -2.31. The summed E-state index contributed by atoms with van der Waals surface area (Å²) in [5.41, 5.74) is 3.19. The molecular weight excluding hydrogens is 414 g/mol. The third kappa shape index (κ3) is 4.23. The van der Waals surface area contributed by atoms with Gasteiger partial charge >= 0.3 is 0 Å². The molecule has 1 N–H and O–H groups in total. The molecule has 2 aliphatic rings. The van der Waals surface area contributed by atoms with Crippen LogP contribution in [0.5, 0.6) is 0 Å². The SMILES string of the molecule is CN(C)CC1(N(C=O)c2ccc(-c3cccc(C4CCC(=O)NC4=O)c3Cl)cc2)CC1. The molecular formula is C24H26ClN3O3. The van der Waals surface area contributed by atoms with Gasteiger partial charge in [-0.15, -0.1) is 0 Å². The molecule has 1 saturated carbocycles. The number of anilines is 1. The molecule has 3 amide bonds. The van der Waals surface area contributed by atoms with Gasteiger partial charge in [-0.25, -0.2) is 0 Å². The molecule has 1 saturated heterocycles. The predicted molar refractivity (Wildman–Crippen MR) is 121 cm³/mol. The van der Waals surface area contributed by atoms with Crippen molar-refractivity contribution in [2.24, 2.45) is 0 Å². The summed E-state index contributed by atoms with van der Waals surface area (Å²) in [5, 5.41) is 2.91. The van der Waals surface area contributed by atoms with Gasteiger partial charge in [-0.2, -0.15) is 0 Å². The molecule has 0 bridgehead atoms. The summed E-state index contributed by atoms with van der Waals surface area (Å²) in [5.74, 6) is -0.981. The van der Waals surface area contributed by atoms with E-state index in [1.54, 1.807) is 0 Å². The minimum Gasteiger partial charge on any atom is -0.308 e. The first-order valence-corrected chi connectivity index (χ1v) is 10.8. The molecule has 2 fully saturated rings. The molecule has 1 aliphatic carbocycles. The zero-order valence-corrected chi connectivity index (χ0v) is 18.5. The smallest absolute Gasteiger partial charge is 0.234 e. The van der Waals surface area contributed by atoms with Crippen molar-refractivity contribution >= 4 is 35.5 Å². The van der Waals surface area contributed by atoms with E-state index in [9.17, 15) is 14.4 Å².